The lowest BCUT2D eigenvalue weighted by Crippen LogP contribution is -2.41. The molecule has 2 aromatic carbocycles. The molecule has 0 radical (unpaired) electrons. The second kappa shape index (κ2) is 10.9. The second-order valence-corrected chi connectivity index (χ2v) is 10.5. The quantitative estimate of drug-likeness (QED) is 0.190. The summed E-state index contributed by atoms with van der Waals surface area (Å²) in [4.78, 5) is 30.4. The van der Waals surface area contributed by atoms with Crippen molar-refractivity contribution < 1.29 is 24.0 Å². The lowest BCUT2D eigenvalue weighted by Gasteiger charge is -2.36. The van der Waals surface area contributed by atoms with Gasteiger partial charge in [-0.1, -0.05) is 47.1 Å². The predicted octanol–water partition coefficient (Wildman–Crippen LogP) is 6.82. The second-order valence-electron chi connectivity index (χ2n) is 8.62. The van der Waals surface area contributed by atoms with Crippen molar-refractivity contribution in [3.8, 4) is 11.3 Å². The van der Waals surface area contributed by atoms with E-state index in [4.69, 9.17) is 32.4 Å². The van der Waals surface area contributed by atoms with Gasteiger partial charge in [0.05, 0.1) is 33.9 Å². The lowest BCUT2D eigenvalue weighted by molar-refractivity contribution is -0.384. The molecule has 3 aromatic rings. The van der Waals surface area contributed by atoms with Gasteiger partial charge in [-0.25, -0.2) is 9.79 Å². The summed E-state index contributed by atoms with van der Waals surface area (Å²) < 4.78 is 11.2. The van der Waals surface area contributed by atoms with Crippen molar-refractivity contribution in [2.75, 3.05) is 6.61 Å². The Morgan fingerprint density at radius 3 is 2.67 bits per heavy atom. The van der Waals surface area contributed by atoms with E-state index in [9.17, 15) is 20.0 Å². The summed E-state index contributed by atoms with van der Waals surface area (Å²) in [5, 5.41) is 24.0. The minimum absolute atomic E-state index is 0.115. The predicted molar refractivity (Wildman–Crippen MR) is 150 cm³/mol. The van der Waals surface area contributed by atoms with E-state index in [1.54, 1.807) is 61.2 Å². The molecule has 3 heterocycles. The van der Waals surface area contributed by atoms with Crippen molar-refractivity contribution in [3.63, 3.8) is 0 Å². The number of rotatable bonds is 6. The Balaban J connectivity index is 1.51. The number of esters is 1. The van der Waals surface area contributed by atoms with E-state index < -0.39 is 23.2 Å². The van der Waals surface area contributed by atoms with E-state index in [1.807, 2.05) is 0 Å². The first-order chi connectivity index (χ1) is 18.7. The zero-order chi connectivity index (χ0) is 27.8. The number of nitro groups is 1. The maximum atomic E-state index is 13.0. The highest BCUT2D eigenvalue weighted by Gasteiger charge is 2.45. The van der Waals surface area contributed by atoms with Crippen LogP contribution in [0.3, 0.4) is 0 Å². The van der Waals surface area contributed by atoms with Gasteiger partial charge in [0.25, 0.3) is 5.69 Å². The zero-order valence-electron chi connectivity index (χ0n) is 20.6. The van der Waals surface area contributed by atoms with Crippen molar-refractivity contribution in [2.45, 2.75) is 26.1 Å². The van der Waals surface area contributed by atoms with Crippen LogP contribution in [0.1, 0.15) is 31.2 Å². The van der Waals surface area contributed by atoms with Gasteiger partial charge in [0.1, 0.15) is 11.5 Å². The third-order valence-electron chi connectivity index (χ3n) is 6.17. The number of halogens is 2. The van der Waals surface area contributed by atoms with E-state index >= 15 is 0 Å². The molecule has 2 aliphatic heterocycles. The molecule has 12 heteroatoms. The minimum Gasteiger partial charge on any atom is -0.463 e. The van der Waals surface area contributed by atoms with Gasteiger partial charge in [-0.2, -0.15) is 0 Å². The van der Waals surface area contributed by atoms with E-state index in [2.05, 4.69) is 4.99 Å². The minimum atomic E-state index is -1.15. The summed E-state index contributed by atoms with van der Waals surface area (Å²) in [6.45, 7) is 3.65. The number of furan rings is 1. The third-order valence-corrected chi connectivity index (χ3v) is 7.80. The van der Waals surface area contributed by atoms with Crippen LogP contribution in [0.2, 0.25) is 10.0 Å². The number of aliphatic hydroxyl groups excluding tert-OH is 1. The largest absolute Gasteiger partial charge is 0.463 e. The highest BCUT2D eigenvalue weighted by Crippen LogP contribution is 2.47. The summed E-state index contributed by atoms with van der Waals surface area (Å²) >= 11 is 13.6. The number of allylic oxidation sites excluding steroid dienone is 1. The fraction of sp³-hybridized carbons (Fsp3) is 0.185. The maximum absolute atomic E-state index is 13.0. The SMILES string of the molecule is CCOC(=O)C1=C(C)N=C2S/C(=C\c3ccc(-c4cc([N+](=O)[O-])ccc4Cl)o3)C(O)N2C1c1ccc(Cl)cc1. The molecule has 200 valence electrons. The van der Waals surface area contributed by atoms with Crippen molar-refractivity contribution in [2.24, 2.45) is 4.99 Å². The van der Waals surface area contributed by atoms with Gasteiger partial charge in [-0.3, -0.25) is 10.1 Å². The first-order valence-electron chi connectivity index (χ1n) is 11.8. The number of aliphatic imine (C=N–C) groups is 1. The Hall–Kier alpha value is -3.57. The highest BCUT2D eigenvalue weighted by atomic mass is 35.5. The number of aliphatic hydroxyl groups is 1. The fourth-order valence-corrected chi connectivity index (χ4v) is 5.84. The number of hydrogen-bond acceptors (Lipinski definition) is 9. The zero-order valence-corrected chi connectivity index (χ0v) is 23.0. The summed E-state index contributed by atoms with van der Waals surface area (Å²) in [5.41, 5.74) is 1.80. The van der Waals surface area contributed by atoms with Gasteiger partial charge in [-0.05, 0) is 55.8 Å². The number of carbonyl (C=O) groups excluding carboxylic acids is 1. The van der Waals surface area contributed by atoms with Gasteiger partial charge >= 0.3 is 5.97 Å². The van der Waals surface area contributed by atoms with Crippen LogP contribution < -0.4 is 0 Å². The molecular weight excluding hydrogens is 565 g/mol. The standard InChI is InChI=1S/C27H21Cl2N3O6S/c1-3-37-26(34)23-14(2)30-27-31(24(23)15-4-6-16(28)7-5-15)25(33)22(39-27)13-18-9-11-21(38-18)19-12-17(32(35)36)8-10-20(19)29/h4-13,24-25,33H,3H2,1-2H3/b22-13-. The van der Waals surface area contributed by atoms with Crippen LogP contribution in [0.25, 0.3) is 17.4 Å². The number of benzene rings is 2. The van der Waals surface area contributed by atoms with Crippen LogP contribution in [-0.2, 0) is 9.53 Å². The highest BCUT2D eigenvalue weighted by molar-refractivity contribution is 8.17. The molecule has 0 saturated carbocycles. The fourth-order valence-electron chi connectivity index (χ4n) is 4.40. The number of nitro benzene ring substituents is 1. The monoisotopic (exact) mass is 585 g/mol. The molecule has 0 amide bonds. The van der Waals surface area contributed by atoms with E-state index in [0.717, 1.165) is 5.56 Å². The van der Waals surface area contributed by atoms with E-state index in [1.165, 1.54) is 30.0 Å². The van der Waals surface area contributed by atoms with Crippen LogP contribution in [0.4, 0.5) is 5.69 Å². The Morgan fingerprint density at radius 1 is 1.23 bits per heavy atom. The Labute approximate surface area is 237 Å². The molecule has 0 spiro atoms. The van der Waals surface area contributed by atoms with Crippen LogP contribution in [0.5, 0.6) is 0 Å². The number of carbonyl (C=O) groups is 1. The first-order valence-corrected chi connectivity index (χ1v) is 13.4. The van der Waals surface area contributed by atoms with Crippen molar-refractivity contribution >= 4 is 57.9 Å². The molecule has 1 saturated heterocycles. The van der Waals surface area contributed by atoms with Crippen molar-refractivity contribution in [1.29, 1.82) is 0 Å². The van der Waals surface area contributed by atoms with Gasteiger partial charge in [0.2, 0.25) is 0 Å². The molecule has 2 atom stereocenters. The smallest absolute Gasteiger partial charge is 0.338 e. The summed E-state index contributed by atoms with van der Waals surface area (Å²) in [6, 6.07) is 13.8. The van der Waals surface area contributed by atoms with Gasteiger partial charge in [-0.15, -0.1) is 0 Å². The van der Waals surface area contributed by atoms with Crippen LogP contribution in [0.15, 0.2) is 80.2 Å². The maximum Gasteiger partial charge on any atom is 0.338 e. The number of amidine groups is 1. The molecule has 9 nitrogen and oxygen atoms in total. The molecule has 1 aromatic heterocycles. The van der Waals surface area contributed by atoms with E-state index in [-0.39, 0.29) is 12.3 Å². The molecular formula is C27H21Cl2N3O6S. The topological polar surface area (TPSA) is 118 Å². The van der Waals surface area contributed by atoms with Gasteiger partial charge < -0.3 is 19.2 Å². The van der Waals surface area contributed by atoms with Crippen LogP contribution in [0, 0.1) is 10.1 Å². The summed E-state index contributed by atoms with van der Waals surface area (Å²) in [7, 11) is 0. The number of fused-ring (bicyclic) bond motifs is 1. The molecule has 1 N–H and O–H groups in total. The lowest BCUT2D eigenvalue weighted by atomic mass is 9.94. The number of nitrogens with zero attached hydrogens (tertiary/aromatic N) is 3. The van der Waals surface area contributed by atoms with Gasteiger partial charge in [0.15, 0.2) is 11.4 Å². The number of non-ortho nitro benzene ring substituents is 1. The summed E-state index contributed by atoms with van der Waals surface area (Å²) in [6.07, 6.45) is 0.505. The number of ether oxygens (including phenoxy) is 1. The Morgan fingerprint density at radius 2 is 1.97 bits per heavy atom. The normalized spacial score (nSPS) is 19.8. The Bertz CT molecular complexity index is 1560. The average molecular weight is 586 g/mol. The van der Waals surface area contributed by atoms with Crippen molar-refractivity contribution in [1.82, 2.24) is 4.90 Å². The van der Waals surface area contributed by atoms with Crippen LogP contribution >= 0.6 is 35.0 Å². The molecule has 0 bridgehead atoms. The molecule has 2 unspecified atom stereocenters. The van der Waals surface area contributed by atoms with Crippen molar-refractivity contribution in [3.05, 3.63) is 102 Å². The molecule has 5 rings (SSSR count). The molecule has 2 aliphatic rings. The third kappa shape index (κ3) is 5.20. The first kappa shape index (κ1) is 27.0. The molecule has 1 fully saturated rings. The average Bonchev–Trinajstić information content (AvgIpc) is 3.48. The number of thioether (sulfide) groups is 1. The molecule has 0 aliphatic carbocycles. The molecule has 39 heavy (non-hydrogen) atoms. The van der Waals surface area contributed by atoms with Crippen LogP contribution in [-0.4, -0.2) is 38.9 Å². The number of hydrogen-bond donors (Lipinski definition) is 1. The Kier molecular flexibility index (Phi) is 7.55. The van der Waals surface area contributed by atoms with E-state index in [0.29, 0.717) is 48.5 Å². The summed E-state index contributed by atoms with van der Waals surface area (Å²) in [5.74, 6) is 0.217. The van der Waals surface area contributed by atoms with Gasteiger partial charge in [0, 0.05) is 27.6 Å².